The Balaban J connectivity index is 2.15. The summed E-state index contributed by atoms with van der Waals surface area (Å²) in [7, 11) is 1.66. The van der Waals surface area contributed by atoms with Gasteiger partial charge in [0, 0.05) is 13.0 Å². The summed E-state index contributed by atoms with van der Waals surface area (Å²) >= 11 is 0. The van der Waals surface area contributed by atoms with Crippen molar-refractivity contribution in [2.24, 2.45) is 0 Å². The Morgan fingerprint density at radius 3 is 2.94 bits per heavy atom. The van der Waals surface area contributed by atoms with E-state index in [0.29, 0.717) is 13.0 Å². The van der Waals surface area contributed by atoms with Gasteiger partial charge in [-0.1, -0.05) is 12.1 Å². The number of carbonyl (C=O) groups is 1. The van der Waals surface area contributed by atoms with E-state index >= 15 is 0 Å². The highest BCUT2D eigenvalue weighted by molar-refractivity contribution is 5.69. The molecule has 0 unspecified atom stereocenters. The Kier molecular flexibility index (Phi) is 6.87. The smallest absolute Gasteiger partial charge is 0.305 e. The van der Waals surface area contributed by atoms with E-state index in [1.54, 1.807) is 7.11 Å². The largest absolute Gasteiger partial charge is 0.497 e. The maximum absolute atomic E-state index is 11.1. The van der Waals surface area contributed by atoms with Gasteiger partial charge in [-0.05, 0) is 37.6 Å². The quantitative estimate of drug-likeness (QED) is 0.568. The molecular weight excluding hydrogens is 230 g/mol. The van der Waals surface area contributed by atoms with Gasteiger partial charge in [0.05, 0.1) is 13.7 Å². The van der Waals surface area contributed by atoms with Crippen LogP contribution in [0.25, 0.3) is 0 Å². The van der Waals surface area contributed by atoms with Gasteiger partial charge in [0.25, 0.3) is 0 Å². The Labute approximate surface area is 108 Å². The molecule has 1 N–H and O–H groups in total. The van der Waals surface area contributed by atoms with Crippen molar-refractivity contribution in [3.05, 3.63) is 29.8 Å². The second-order valence-electron chi connectivity index (χ2n) is 3.94. The summed E-state index contributed by atoms with van der Waals surface area (Å²) in [6.07, 6.45) is 1.27. The van der Waals surface area contributed by atoms with E-state index in [4.69, 9.17) is 9.47 Å². The van der Waals surface area contributed by atoms with Crippen LogP contribution < -0.4 is 10.1 Å². The SMILES string of the molecule is CCOC(=O)CCCNCc1cccc(OC)c1. The van der Waals surface area contributed by atoms with E-state index in [1.807, 2.05) is 31.2 Å². The molecule has 1 rings (SSSR count). The lowest BCUT2D eigenvalue weighted by Crippen LogP contribution is -2.16. The fourth-order valence-corrected chi connectivity index (χ4v) is 1.61. The van der Waals surface area contributed by atoms with Crippen LogP contribution in [0.3, 0.4) is 0 Å². The van der Waals surface area contributed by atoms with Gasteiger partial charge < -0.3 is 14.8 Å². The molecule has 0 aromatic heterocycles. The summed E-state index contributed by atoms with van der Waals surface area (Å²) in [5.41, 5.74) is 1.17. The molecule has 0 fully saturated rings. The molecule has 0 radical (unpaired) electrons. The number of hydrogen-bond acceptors (Lipinski definition) is 4. The van der Waals surface area contributed by atoms with E-state index in [-0.39, 0.29) is 5.97 Å². The highest BCUT2D eigenvalue weighted by Crippen LogP contribution is 2.12. The van der Waals surface area contributed by atoms with Crippen LogP contribution >= 0.6 is 0 Å². The lowest BCUT2D eigenvalue weighted by molar-refractivity contribution is -0.143. The fraction of sp³-hybridized carbons (Fsp3) is 0.500. The van der Waals surface area contributed by atoms with Crippen LogP contribution in [0.4, 0.5) is 0 Å². The molecule has 0 spiro atoms. The molecule has 0 bridgehead atoms. The first-order chi connectivity index (χ1) is 8.76. The lowest BCUT2D eigenvalue weighted by atomic mass is 10.2. The molecule has 0 aliphatic heterocycles. The summed E-state index contributed by atoms with van der Waals surface area (Å²) in [4.78, 5) is 11.1. The minimum absolute atomic E-state index is 0.124. The highest BCUT2D eigenvalue weighted by Gasteiger charge is 2.00. The van der Waals surface area contributed by atoms with E-state index in [2.05, 4.69) is 5.32 Å². The van der Waals surface area contributed by atoms with Crippen LogP contribution in [-0.2, 0) is 16.1 Å². The highest BCUT2D eigenvalue weighted by atomic mass is 16.5. The van der Waals surface area contributed by atoms with Gasteiger partial charge in [-0.25, -0.2) is 0 Å². The maximum atomic E-state index is 11.1. The Hall–Kier alpha value is -1.55. The summed E-state index contributed by atoms with van der Waals surface area (Å²) in [6.45, 7) is 3.85. The van der Waals surface area contributed by atoms with Crippen molar-refractivity contribution in [3.63, 3.8) is 0 Å². The van der Waals surface area contributed by atoms with Crippen molar-refractivity contribution in [2.75, 3.05) is 20.3 Å². The Morgan fingerprint density at radius 2 is 2.22 bits per heavy atom. The molecule has 100 valence electrons. The van der Waals surface area contributed by atoms with E-state index < -0.39 is 0 Å². The number of rotatable bonds is 8. The fourth-order valence-electron chi connectivity index (χ4n) is 1.61. The summed E-state index contributed by atoms with van der Waals surface area (Å²) in [5, 5.41) is 3.29. The average molecular weight is 251 g/mol. The van der Waals surface area contributed by atoms with Crippen molar-refractivity contribution in [3.8, 4) is 5.75 Å². The van der Waals surface area contributed by atoms with Gasteiger partial charge in [0.1, 0.15) is 5.75 Å². The van der Waals surface area contributed by atoms with Crippen LogP contribution in [0.15, 0.2) is 24.3 Å². The first-order valence-electron chi connectivity index (χ1n) is 6.25. The summed E-state index contributed by atoms with van der Waals surface area (Å²) in [5.74, 6) is 0.738. The van der Waals surface area contributed by atoms with E-state index in [9.17, 15) is 4.79 Å². The van der Waals surface area contributed by atoms with Crippen molar-refractivity contribution in [1.29, 1.82) is 0 Å². The first-order valence-corrected chi connectivity index (χ1v) is 6.25. The number of carbonyl (C=O) groups excluding carboxylic acids is 1. The zero-order valence-corrected chi connectivity index (χ0v) is 11.1. The molecular formula is C14H21NO3. The second-order valence-corrected chi connectivity index (χ2v) is 3.94. The minimum atomic E-state index is -0.124. The molecule has 1 aromatic rings. The molecule has 0 saturated heterocycles. The number of hydrogen-bond donors (Lipinski definition) is 1. The van der Waals surface area contributed by atoms with Crippen molar-refractivity contribution < 1.29 is 14.3 Å². The van der Waals surface area contributed by atoms with E-state index in [1.165, 1.54) is 5.56 Å². The summed E-state index contributed by atoms with van der Waals surface area (Å²) in [6, 6.07) is 7.93. The van der Waals surface area contributed by atoms with Gasteiger partial charge in [-0.3, -0.25) is 4.79 Å². The van der Waals surface area contributed by atoms with Crippen LogP contribution in [0, 0.1) is 0 Å². The molecule has 0 saturated carbocycles. The number of ether oxygens (including phenoxy) is 2. The number of nitrogens with one attached hydrogen (secondary N) is 1. The number of methoxy groups -OCH3 is 1. The molecule has 0 atom stereocenters. The van der Waals surface area contributed by atoms with Gasteiger partial charge in [0.2, 0.25) is 0 Å². The normalized spacial score (nSPS) is 10.1. The predicted molar refractivity (Wildman–Crippen MR) is 70.6 cm³/mol. The van der Waals surface area contributed by atoms with Crippen LogP contribution in [0.1, 0.15) is 25.3 Å². The summed E-state index contributed by atoms with van der Waals surface area (Å²) < 4.78 is 10.0. The molecule has 4 heteroatoms. The van der Waals surface area contributed by atoms with Crippen LogP contribution in [0.5, 0.6) is 5.75 Å². The van der Waals surface area contributed by atoms with Crippen molar-refractivity contribution in [2.45, 2.75) is 26.3 Å². The third kappa shape index (κ3) is 5.68. The van der Waals surface area contributed by atoms with Crippen molar-refractivity contribution in [1.82, 2.24) is 5.32 Å². The van der Waals surface area contributed by atoms with Gasteiger partial charge in [-0.15, -0.1) is 0 Å². The van der Waals surface area contributed by atoms with Gasteiger partial charge >= 0.3 is 5.97 Å². The Bertz CT molecular complexity index is 366. The zero-order valence-electron chi connectivity index (χ0n) is 11.1. The monoisotopic (exact) mass is 251 g/mol. The zero-order chi connectivity index (χ0) is 13.2. The van der Waals surface area contributed by atoms with E-state index in [0.717, 1.165) is 25.3 Å². The van der Waals surface area contributed by atoms with Gasteiger partial charge in [0.15, 0.2) is 0 Å². The molecule has 0 aliphatic rings. The Morgan fingerprint density at radius 1 is 1.39 bits per heavy atom. The first kappa shape index (κ1) is 14.5. The van der Waals surface area contributed by atoms with Gasteiger partial charge in [-0.2, -0.15) is 0 Å². The van der Waals surface area contributed by atoms with Crippen molar-refractivity contribution >= 4 is 5.97 Å². The number of benzene rings is 1. The molecule has 4 nitrogen and oxygen atoms in total. The third-order valence-corrected chi connectivity index (χ3v) is 2.50. The molecule has 18 heavy (non-hydrogen) atoms. The minimum Gasteiger partial charge on any atom is -0.497 e. The van der Waals surface area contributed by atoms with Crippen LogP contribution in [-0.4, -0.2) is 26.2 Å². The standard InChI is InChI=1S/C14H21NO3/c1-3-18-14(16)8-5-9-15-11-12-6-4-7-13(10-12)17-2/h4,6-7,10,15H,3,5,8-9,11H2,1-2H3. The topological polar surface area (TPSA) is 47.6 Å². The van der Waals surface area contributed by atoms with Crippen LogP contribution in [0.2, 0.25) is 0 Å². The lowest BCUT2D eigenvalue weighted by Gasteiger charge is -2.06. The molecule has 0 aliphatic carbocycles. The molecule has 0 amide bonds. The molecule has 0 heterocycles. The third-order valence-electron chi connectivity index (χ3n) is 2.50. The second kappa shape index (κ2) is 8.53. The molecule has 1 aromatic carbocycles. The maximum Gasteiger partial charge on any atom is 0.305 e. The predicted octanol–water partition coefficient (Wildman–Crippen LogP) is 2.13. The number of esters is 1. The average Bonchev–Trinajstić information content (AvgIpc) is 2.39.